The highest BCUT2D eigenvalue weighted by Crippen LogP contribution is 2.20. The maximum atomic E-state index is 12.0. The molecule has 1 aromatic heterocycles. The first-order chi connectivity index (χ1) is 7.47. The molecule has 0 N–H and O–H groups in total. The predicted molar refractivity (Wildman–Crippen MR) is 52.7 cm³/mol. The van der Waals surface area contributed by atoms with E-state index in [9.17, 15) is 17.4 Å². The summed E-state index contributed by atoms with van der Waals surface area (Å²) < 4.78 is 51.5. The molecule has 0 aliphatic rings. The zero-order valence-corrected chi connectivity index (χ0v) is 8.59. The van der Waals surface area contributed by atoms with Crippen LogP contribution in [0.5, 0.6) is 0 Å². The third-order valence-corrected chi connectivity index (χ3v) is 2.56. The Balaban J connectivity index is 2.25. The largest absolute Gasteiger partial charge is 0.510 e. The first-order valence-electron chi connectivity index (χ1n) is 4.21. The van der Waals surface area contributed by atoms with Crippen molar-refractivity contribution in [3.05, 3.63) is 36.7 Å². The lowest BCUT2D eigenvalue weighted by atomic mass is 10.2. The van der Waals surface area contributed by atoms with Crippen molar-refractivity contribution < 1.29 is 21.7 Å². The molecule has 7 heteroatoms. The van der Waals surface area contributed by atoms with Crippen LogP contribution < -0.4 is 4.28 Å². The van der Waals surface area contributed by atoms with E-state index in [-0.39, 0.29) is 0 Å². The fourth-order valence-electron chi connectivity index (χ4n) is 1.22. The first-order valence-corrected chi connectivity index (χ1v) is 5.28. The summed E-state index contributed by atoms with van der Waals surface area (Å²) in [5.41, 5.74) is -4.88. The van der Waals surface area contributed by atoms with Crippen molar-refractivity contribution in [2.75, 3.05) is 0 Å². The molecule has 1 atom stereocenters. The lowest BCUT2D eigenvalue weighted by molar-refractivity contribution is -0.0476. The summed E-state index contributed by atoms with van der Waals surface area (Å²) in [6.07, 6.45) is 2.66. The molecule has 0 bridgehead atoms. The van der Waals surface area contributed by atoms with Crippen LogP contribution in [0, 0.1) is 0 Å². The van der Waals surface area contributed by atoms with Crippen molar-refractivity contribution in [3.63, 3.8) is 0 Å². The molecule has 0 fully saturated rings. The van der Waals surface area contributed by atoms with Gasteiger partial charge in [0.05, 0.1) is 12.4 Å². The van der Waals surface area contributed by atoms with E-state index in [1.165, 1.54) is 12.4 Å². The molecule has 0 spiro atoms. The first kappa shape index (κ1) is 11.0. The monoisotopic (exact) mass is 249 g/mol. The number of nitrogens with zero attached hydrogens (tertiary/aromatic N) is 1. The van der Waals surface area contributed by atoms with Gasteiger partial charge in [-0.05, 0) is 0 Å². The van der Waals surface area contributed by atoms with E-state index >= 15 is 0 Å². The van der Waals surface area contributed by atoms with Gasteiger partial charge in [-0.1, -0.05) is 24.3 Å². The zero-order chi connectivity index (χ0) is 11.8. The summed E-state index contributed by atoms with van der Waals surface area (Å²) in [7, 11) is 0. The van der Waals surface area contributed by atoms with Gasteiger partial charge in [0, 0.05) is 10.8 Å². The van der Waals surface area contributed by atoms with E-state index < -0.39 is 16.6 Å². The van der Waals surface area contributed by atoms with Crippen LogP contribution in [0.1, 0.15) is 0 Å². The van der Waals surface area contributed by atoms with Crippen molar-refractivity contribution in [1.82, 2.24) is 4.73 Å². The molecule has 0 saturated heterocycles. The van der Waals surface area contributed by atoms with E-state index in [1.54, 1.807) is 24.3 Å². The third-order valence-electron chi connectivity index (χ3n) is 1.87. The van der Waals surface area contributed by atoms with Crippen LogP contribution in [0.4, 0.5) is 13.2 Å². The lowest BCUT2D eigenvalue weighted by Gasteiger charge is -2.06. The molecule has 86 valence electrons. The van der Waals surface area contributed by atoms with Gasteiger partial charge in [0.1, 0.15) is 0 Å². The smallest absolute Gasteiger partial charge is 0.302 e. The molecule has 0 radical (unpaired) electrons. The topological polar surface area (TPSA) is 31.2 Å². The van der Waals surface area contributed by atoms with Crippen LogP contribution in [0.3, 0.4) is 0 Å². The van der Waals surface area contributed by atoms with Crippen molar-refractivity contribution in [2.45, 2.75) is 5.51 Å². The molecule has 0 saturated carbocycles. The summed E-state index contributed by atoms with van der Waals surface area (Å²) in [5.74, 6) is 0. The molecule has 0 aliphatic carbocycles. The Kier molecular flexibility index (Phi) is 2.63. The summed E-state index contributed by atoms with van der Waals surface area (Å²) in [6.45, 7) is 0. The fraction of sp³-hybridized carbons (Fsp3) is 0.111. The van der Waals surface area contributed by atoms with Crippen molar-refractivity contribution in [1.29, 1.82) is 0 Å². The Morgan fingerprint density at radius 3 is 2.06 bits per heavy atom. The minimum atomic E-state index is -4.88. The van der Waals surface area contributed by atoms with Crippen LogP contribution in [0.15, 0.2) is 36.7 Å². The molecule has 0 amide bonds. The third kappa shape index (κ3) is 2.19. The van der Waals surface area contributed by atoms with Crippen LogP contribution in [0.2, 0.25) is 0 Å². The van der Waals surface area contributed by atoms with Crippen molar-refractivity contribution in [2.24, 2.45) is 0 Å². The number of halogens is 3. The molecule has 3 nitrogen and oxygen atoms in total. The normalized spacial score (nSPS) is 13.9. The highest BCUT2D eigenvalue weighted by molar-refractivity contribution is 7.81. The molecular formula is C9H6F3NO2S. The van der Waals surface area contributed by atoms with Gasteiger partial charge in [0.15, 0.2) is 0 Å². The highest BCUT2D eigenvalue weighted by atomic mass is 32.2. The van der Waals surface area contributed by atoms with E-state index in [2.05, 4.69) is 4.28 Å². The Morgan fingerprint density at radius 1 is 1.12 bits per heavy atom. The quantitative estimate of drug-likeness (QED) is 0.817. The van der Waals surface area contributed by atoms with Gasteiger partial charge in [0.2, 0.25) is 0 Å². The average Bonchev–Trinajstić information content (AvgIpc) is 2.58. The maximum Gasteiger partial charge on any atom is 0.510 e. The number of rotatable bonds is 2. The van der Waals surface area contributed by atoms with Gasteiger partial charge in [-0.25, -0.2) is 4.21 Å². The molecule has 2 aromatic rings. The Labute approximate surface area is 91.0 Å². The Bertz CT molecular complexity index is 502. The second kappa shape index (κ2) is 3.82. The van der Waals surface area contributed by atoms with E-state index in [0.717, 1.165) is 4.73 Å². The van der Waals surface area contributed by atoms with Crippen LogP contribution >= 0.6 is 0 Å². The summed E-state index contributed by atoms with van der Waals surface area (Å²) in [4.78, 5) is 0. The SMILES string of the molecule is O=S(On1cc2ccccc2c1)C(F)(F)F. The number of benzene rings is 1. The minimum absolute atomic E-state index is 0.710. The number of fused-ring (bicyclic) bond motifs is 1. The highest BCUT2D eigenvalue weighted by Gasteiger charge is 2.40. The van der Waals surface area contributed by atoms with Crippen molar-refractivity contribution >= 4 is 21.9 Å². The van der Waals surface area contributed by atoms with Gasteiger partial charge in [0.25, 0.3) is 0 Å². The Hall–Kier alpha value is -1.50. The summed E-state index contributed by atoms with van der Waals surface area (Å²) in [5, 5.41) is 1.42. The predicted octanol–water partition coefficient (Wildman–Crippen LogP) is 2.25. The fourth-order valence-corrected chi connectivity index (χ4v) is 1.55. The molecule has 1 aromatic carbocycles. The van der Waals surface area contributed by atoms with Crippen LogP contribution in [0.25, 0.3) is 10.8 Å². The average molecular weight is 249 g/mol. The number of aromatic nitrogens is 1. The standard InChI is InChI=1S/C9H6F3NO2S/c10-9(11,12)16(14)15-13-5-7-3-1-2-4-8(7)6-13/h1-6H. The maximum absolute atomic E-state index is 12.0. The van der Waals surface area contributed by atoms with Gasteiger partial charge >= 0.3 is 16.6 Å². The summed E-state index contributed by atoms with van der Waals surface area (Å²) >= 11 is -3.35. The molecule has 1 heterocycles. The molecule has 0 aliphatic heterocycles. The van der Waals surface area contributed by atoms with Crippen LogP contribution in [-0.2, 0) is 11.1 Å². The van der Waals surface area contributed by atoms with E-state index in [0.29, 0.717) is 10.8 Å². The van der Waals surface area contributed by atoms with Crippen LogP contribution in [-0.4, -0.2) is 14.4 Å². The molecule has 1 unspecified atom stereocenters. The lowest BCUT2D eigenvalue weighted by Crippen LogP contribution is -2.26. The second-order valence-corrected chi connectivity index (χ2v) is 4.08. The number of alkyl halides is 3. The van der Waals surface area contributed by atoms with Gasteiger partial charge in [-0.2, -0.15) is 17.9 Å². The molecule has 16 heavy (non-hydrogen) atoms. The van der Waals surface area contributed by atoms with Gasteiger partial charge in [-0.3, -0.25) is 0 Å². The van der Waals surface area contributed by atoms with E-state index in [4.69, 9.17) is 0 Å². The zero-order valence-electron chi connectivity index (χ0n) is 7.77. The Morgan fingerprint density at radius 2 is 1.62 bits per heavy atom. The van der Waals surface area contributed by atoms with Gasteiger partial charge < -0.3 is 4.28 Å². The number of hydrogen-bond donors (Lipinski definition) is 0. The van der Waals surface area contributed by atoms with E-state index in [1.807, 2.05) is 0 Å². The summed E-state index contributed by atoms with van der Waals surface area (Å²) in [6, 6.07) is 6.91. The second-order valence-electron chi connectivity index (χ2n) is 3.00. The van der Waals surface area contributed by atoms with Crippen molar-refractivity contribution in [3.8, 4) is 0 Å². The minimum Gasteiger partial charge on any atom is -0.302 e. The number of hydrogen-bond acceptors (Lipinski definition) is 2. The molecule has 2 rings (SSSR count). The van der Waals surface area contributed by atoms with Gasteiger partial charge in [-0.15, -0.1) is 0 Å². The molecular weight excluding hydrogens is 243 g/mol.